The van der Waals surface area contributed by atoms with Crippen LogP contribution in [0.15, 0.2) is 41.4 Å². The van der Waals surface area contributed by atoms with Gasteiger partial charge in [-0.3, -0.25) is 4.79 Å². The van der Waals surface area contributed by atoms with Gasteiger partial charge in [-0.1, -0.05) is 11.6 Å². The third-order valence-electron chi connectivity index (χ3n) is 4.48. The molecule has 0 saturated carbocycles. The second kappa shape index (κ2) is 9.74. The normalized spacial score (nSPS) is 14.7. The number of halogens is 1. The van der Waals surface area contributed by atoms with E-state index in [1.807, 2.05) is 12.1 Å². The highest BCUT2D eigenvalue weighted by atomic mass is 35.5. The van der Waals surface area contributed by atoms with Gasteiger partial charge in [-0.05, 0) is 49.7 Å². The van der Waals surface area contributed by atoms with Gasteiger partial charge in [-0.15, -0.1) is 0 Å². The zero-order valence-electron chi connectivity index (χ0n) is 16.9. The van der Waals surface area contributed by atoms with Crippen LogP contribution in [0.3, 0.4) is 0 Å². The first kappa shape index (κ1) is 22.5. The summed E-state index contributed by atoms with van der Waals surface area (Å²) in [5, 5.41) is 2.98. The fourth-order valence-electron chi connectivity index (χ4n) is 3.04. The molecule has 0 atom stereocenters. The fourth-order valence-corrected chi connectivity index (χ4v) is 4.52. The maximum atomic E-state index is 12.7. The Hall–Kier alpha value is -2.20. The molecule has 3 rings (SSSR count). The molecule has 30 heavy (non-hydrogen) atoms. The van der Waals surface area contributed by atoms with E-state index < -0.39 is 15.9 Å². The molecule has 0 unspecified atom stereocenters. The lowest BCUT2D eigenvalue weighted by atomic mass is 10.2. The fraction of sp³-hybridized carbons (Fsp3) is 0.400. The molecule has 1 saturated heterocycles. The number of anilines is 1. The number of hydrogen-bond donors (Lipinski definition) is 2. The summed E-state index contributed by atoms with van der Waals surface area (Å²) in [5.41, 5.74) is 0.979. The zero-order chi connectivity index (χ0) is 21.7. The maximum absolute atomic E-state index is 12.7. The van der Waals surface area contributed by atoms with E-state index >= 15 is 0 Å². The summed E-state index contributed by atoms with van der Waals surface area (Å²) in [6.07, 6.45) is 1.70. The minimum absolute atomic E-state index is 0.00994. The quantitative estimate of drug-likeness (QED) is 0.667. The molecule has 162 valence electrons. The summed E-state index contributed by atoms with van der Waals surface area (Å²) in [5.74, 6) is 0.377. The van der Waals surface area contributed by atoms with Crippen molar-refractivity contribution >= 4 is 33.3 Å². The Kier molecular flexibility index (Phi) is 7.30. The van der Waals surface area contributed by atoms with Crippen LogP contribution in [0.1, 0.15) is 29.8 Å². The van der Waals surface area contributed by atoms with Crippen LogP contribution in [0, 0.1) is 0 Å². The molecular weight excluding hydrogens is 428 g/mol. The first-order valence-corrected chi connectivity index (χ1v) is 11.5. The summed E-state index contributed by atoms with van der Waals surface area (Å²) in [6, 6.07) is 7.54. The van der Waals surface area contributed by atoms with E-state index in [0.717, 1.165) is 24.5 Å². The van der Waals surface area contributed by atoms with E-state index in [1.54, 1.807) is 20.0 Å². The molecular formula is C20H25ClN4O4S. The van der Waals surface area contributed by atoms with Crippen LogP contribution >= 0.6 is 11.6 Å². The maximum Gasteiger partial charge on any atom is 0.253 e. The lowest BCUT2D eigenvalue weighted by Crippen LogP contribution is -2.36. The molecule has 1 amide bonds. The Morgan fingerprint density at radius 3 is 2.67 bits per heavy atom. The third kappa shape index (κ3) is 5.69. The van der Waals surface area contributed by atoms with Crippen molar-refractivity contribution in [2.75, 3.05) is 31.2 Å². The number of morpholine rings is 1. The molecule has 2 aromatic rings. The largest absolute Gasteiger partial charge is 0.378 e. The van der Waals surface area contributed by atoms with E-state index in [9.17, 15) is 13.2 Å². The molecule has 0 radical (unpaired) electrons. The number of amides is 1. The smallest absolute Gasteiger partial charge is 0.253 e. The van der Waals surface area contributed by atoms with Crippen LogP contribution in [0.25, 0.3) is 0 Å². The van der Waals surface area contributed by atoms with Gasteiger partial charge in [0.1, 0.15) is 5.82 Å². The van der Waals surface area contributed by atoms with Crippen LogP contribution in [-0.4, -0.2) is 51.7 Å². The Balaban J connectivity index is 1.71. The summed E-state index contributed by atoms with van der Waals surface area (Å²) < 4.78 is 32.6. The first-order valence-electron chi connectivity index (χ1n) is 9.64. The first-order chi connectivity index (χ1) is 14.3. The minimum Gasteiger partial charge on any atom is -0.378 e. The lowest BCUT2D eigenvalue weighted by Gasteiger charge is -2.28. The Morgan fingerprint density at radius 1 is 1.23 bits per heavy atom. The van der Waals surface area contributed by atoms with Crippen LogP contribution in [0.2, 0.25) is 5.02 Å². The van der Waals surface area contributed by atoms with Gasteiger partial charge in [0, 0.05) is 31.9 Å². The molecule has 0 bridgehead atoms. The molecule has 1 aliphatic rings. The third-order valence-corrected chi connectivity index (χ3v) is 6.47. The number of nitrogens with zero attached hydrogens (tertiary/aromatic N) is 2. The number of carbonyl (C=O) groups is 1. The van der Waals surface area contributed by atoms with Crippen molar-refractivity contribution in [3.8, 4) is 0 Å². The van der Waals surface area contributed by atoms with Gasteiger partial charge in [0.2, 0.25) is 10.0 Å². The zero-order valence-corrected chi connectivity index (χ0v) is 18.5. The lowest BCUT2D eigenvalue weighted by molar-refractivity contribution is 0.0951. The van der Waals surface area contributed by atoms with E-state index in [2.05, 4.69) is 19.9 Å². The van der Waals surface area contributed by atoms with Crippen LogP contribution in [0.5, 0.6) is 0 Å². The number of nitrogens with one attached hydrogen (secondary N) is 2. The minimum atomic E-state index is -3.73. The summed E-state index contributed by atoms with van der Waals surface area (Å²) in [4.78, 5) is 19.2. The Morgan fingerprint density at radius 2 is 1.97 bits per heavy atom. The second-order valence-corrected chi connectivity index (χ2v) is 9.34. The average Bonchev–Trinajstić information content (AvgIpc) is 2.72. The summed E-state index contributed by atoms with van der Waals surface area (Å²) in [6.45, 7) is 6.56. The van der Waals surface area contributed by atoms with Crippen molar-refractivity contribution in [3.63, 3.8) is 0 Å². The summed E-state index contributed by atoms with van der Waals surface area (Å²) in [7, 11) is -3.73. The number of pyridine rings is 1. The van der Waals surface area contributed by atoms with E-state index in [0.29, 0.717) is 13.2 Å². The summed E-state index contributed by atoms with van der Waals surface area (Å²) >= 11 is 6.15. The highest BCUT2D eigenvalue weighted by molar-refractivity contribution is 7.89. The number of rotatable bonds is 7. The average molecular weight is 453 g/mol. The number of benzene rings is 1. The highest BCUT2D eigenvalue weighted by Gasteiger charge is 2.20. The predicted molar refractivity (Wildman–Crippen MR) is 115 cm³/mol. The number of hydrogen-bond acceptors (Lipinski definition) is 6. The molecule has 8 nitrogen and oxygen atoms in total. The van der Waals surface area contributed by atoms with Crippen molar-refractivity contribution in [2.45, 2.75) is 31.3 Å². The molecule has 0 aliphatic carbocycles. The Labute approximate surface area is 181 Å². The molecule has 0 spiro atoms. The standard InChI is InChI=1S/C20H25ClN4O4S/c1-14(2)24-30(27,28)16-3-4-18(21)17(12-16)20(26)23-13-15-5-6-22-19(11-15)25-7-9-29-10-8-25/h3-6,11-12,14,24H,7-10,13H2,1-2H3,(H,23,26). The van der Waals surface area contributed by atoms with Gasteiger partial charge >= 0.3 is 0 Å². The van der Waals surface area contributed by atoms with Gasteiger partial charge in [-0.2, -0.15) is 0 Å². The van der Waals surface area contributed by atoms with E-state index in [1.165, 1.54) is 18.2 Å². The van der Waals surface area contributed by atoms with Crippen molar-refractivity contribution < 1.29 is 17.9 Å². The van der Waals surface area contributed by atoms with Crippen LogP contribution < -0.4 is 14.9 Å². The van der Waals surface area contributed by atoms with Crippen molar-refractivity contribution in [1.82, 2.24) is 15.0 Å². The highest BCUT2D eigenvalue weighted by Crippen LogP contribution is 2.21. The molecule has 1 aliphatic heterocycles. The molecule has 1 fully saturated rings. The van der Waals surface area contributed by atoms with Gasteiger partial charge in [0.15, 0.2) is 0 Å². The SMILES string of the molecule is CC(C)NS(=O)(=O)c1ccc(Cl)c(C(=O)NCc2ccnc(N3CCOCC3)c2)c1. The monoisotopic (exact) mass is 452 g/mol. The number of aromatic nitrogens is 1. The predicted octanol–water partition coefficient (Wildman–Crippen LogP) is 2.19. The van der Waals surface area contributed by atoms with Crippen molar-refractivity contribution in [1.29, 1.82) is 0 Å². The number of sulfonamides is 1. The molecule has 1 aromatic carbocycles. The number of ether oxygens (including phenoxy) is 1. The topological polar surface area (TPSA) is 101 Å². The van der Waals surface area contributed by atoms with Crippen molar-refractivity contribution in [2.24, 2.45) is 0 Å². The van der Waals surface area contributed by atoms with Crippen LogP contribution in [0.4, 0.5) is 5.82 Å². The number of carbonyl (C=O) groups excluding carboxylic acids is 1. The second-order valence-electron chi connectivity index (χ2n) is 7.22. The van der Waals surface area contributed by atoms with Crippen LogP contribution in [-0.2, 0) is 21.3 Å². The molecule has 2 heterocycles. The van der Waals surface area contributed by atoms with E-state index in [4.69, 9.17) is 16.3 Å². The Bertz CT molecular complexity index is 1010. The van der Waals surface area contributed by atoms with Gasteiger partial charge < -0.3 is 15.0 Å². The molecule has 1 aromatic heterocycles. The molecule has 10 heteroatoms. The van der Waals surface area contributed by atoms with Gasteiger partial charge in [-0.25, -0.2) is 18.1 Å². The van der Waals surface area contributed by atoms with Gasteiger partial charge in [0.25, 0.3) is 5.91 Å². The van der Waals surface area contributed by atoms with E-state index in [-0.39, 0.29) is 28.1 Å². The van der Waals surface area contributed by atoms with Crippen molar-refractivity contribution in [3.05, 3.63) is 52.7 Å². The molecule has 2 N–H and O–H groups in total. The van der Waals surface area contributed by atoms with Gasteiger partial charge in [0.05, 0.1) is 28.7 Å².